The van der Waals surface area contributed by atoms with Crippen molar-refractivity contribution in [3.8, 4) is 0 Å². The molecule has 1 rings (SSSR count). The fourth-order valence-corrected chi connectivity index (χ4v) is 1.86. The van der Waals surface area contributed by atoms with Crippen molar-refractivity contribution in [3.05, 3.63) is 10.7 Å². The first-order chi connectivity index (χ1) is 8.63. The molecule has 0 atom stereocenters. The second-order valence-corrected chi connectivity index (χ2v) is 5.63. The van der Waals surface area contributed by atoms with Crippen LogP contribution in [0.3, 0.4) is 0 Å². The van der Waals surface area contributed by atoms with Crippen LogP contribution in [0.1, 0.15) is 40.0 Å². The van der Waals surface area contributed by atoms with Crippen LogP contribution >= 0.6 is 15.9 Å². The van der Waals surface area contributed by atoms with Crippen molar-refractivity contribution in [2.75, 3.05) is 23.7 Å². The van der Waals surface area contributed by atoms with Crippen LogP contribution in [0, 0.1) is 5.92 Å². The minimum atomic E-state index is 0.686. The summed E-state index contributed by atoms with van der Waals surface area (Å²) in [7, 11) is 0. The quantitative estimate of drug-likeness (QED) is 0.714. The van der Waals surface area contributed by atoms with Crippen LogP contribution in [0.2, 0.25) is 0 Å². The molecule has 0 spiro atoms. The third-order valence-corrected chi connectivity index (χ3v) is 3.11. The Hall–Kier alpha value is -0.840. The van der Waals surface area contributed by atoms with Gasteiger partial charge in [0.25, 0.3) is 0 Å². The molecule has 0 amide bonds. The first kappa shape index (κ1) is 15.2. The average molecular weight is 315 g/mol. The fraction of sp³-hybridized carbons (Fsp3) is 0.692. The number of hydrogen-bond acceptors (Lipinski definition) is 4. The normalized spacial score (nSPS) is 10.7. The van der Waals surface area contributed by atoms with E-state index in [1.165, 1.54) is 6.42 Å². The summed E-state index contributed by atoms with van der Waals surface area (Å²) in [4.78, 5) is 8.67. The molecule has 0 bridgehead atoms. The molecule has 1 aromatic rings. The van der Waals surface area contributed by atoms with Crippen molar-refractivity contribution in [1.29, 1.82) is 0 Å². The zero-order chi connectivity index (χ0) is 13.4. The molecule has 0 aromatic carbocycles. The maximum atomic E-state index is 4.45. The summed E-state index contributed by atoms with van der Waals surface area (Å²) in [6, 6.07) is 0. The number of nitrogens with one attached hydrogen (secondary N) is 2. The Morgan fingerprint density at radius 2 is 2.06 bits per heavy atom. The van der Waals surface area contributed by atoms with Crippen molar-refractivity contribution in [2.24, 2.45) is 5.92 Å². The predicted octanol–water partition coefficient (Wildman–Crippen LogP) is 3.91. The van der Waals surface area contributed by atoms with E-state index in [0.717, 1.165) is 42.1 Å². The standard InChI is InChI=1S/C13H23BrN4/c1-4-7-16-13-17-9-11(14)12(18-13)15-8-5-6-10(2)3/h9-10H,4-8H2,1-3H3,(H2,15,16,17,18). The molecule has 5 heteroatoms. The molecule has 0 unspecified atom stereocenters. The zero-order valence-electron chi connectivity index (χ0n) is 11.5. The van der Waals surface area contributed by atoms with Gasteiger partial charge >= 0.3 is 0 Å². The highest BCUT2D eigenvalue weighted by Gasteiger charge is 2.04. The van der Waals surface area contributed by atoms with Crippen LogP contribution < -0.4 is 10.6 Å². The molecule has 0 aliphatic carbocycles. The van der Waals surface area contributed by atoms with Gasteiger partial charge in [-0.1, -0.05) is 20.8 Å². The van der Waals surface area contributed by atoms with Crippen molar-refractivity contribution >= 4 is 27.7 Å². The molecule has 4 nitrogen and oxygen atoms in total. The lowest BCUT2D eigenvalue weighted by molar-refractivity contribution is 0.566. The smallest absolute Gasteiger partial charge is 0.224 e. The Morgan fingerprint density at radius 3 is 2.72 bits per heavy atom. The molecule has 102 valence electrons. The maximum absolute atomic E-state index is 4.45. The van der Waals surface area contributed by atoms with Crippen molar-refractivity contribution in [1.82, 2.24) is 9.97 Å². The van der Waals surface area contributed by atoms with Crippen LogP contribution in [0.25, 0.3) is 0 Å². The van der Waals surface area contributed by atoms with E-state index >= 15 is 0 Å². The Balaban J connectivity index is 2.47. The van der Waals surface area contributed by atoms with Crippen LogP contribution in [-0.2, 0) is 0 Å². The summed E-state index contributed by atoms with van der Waals surface area (Å²) >= 11 is 3.46. The van der Waals surface area contributed by atoms with Crippen LogP contribution in [0.5, 0.6) is 0 Å². The molecular formula is C13H23BrN4. The monoisotopic (exact) mass is 314 g/mol. The summed E-state index contributed by atoms with van der Waals surface area (Å²) < 4.78 is 0.911. The number of halogens is 1. The molecule has 1 heterocycles. The molecule has 0 aliphatic rings. The van der Waals surface area contributed by atoms with Gasteiger partial charge in [-0.05, 0) is 41.1 Å². The summed E-state index contributed by atoms with van der Waals surface area (Å²) in [5, 5.41) is 6.53. The minimum absolute atomic E-state index is 0.686. The van der Waals surface area contributed by atoms with E-state index in [-0.39, 0.29) is 0 Å². The summed E-state index contributed by atoms with van der Waals surface area (Å²) in [5.74, 6) is 2.31. The maximum Gasteiger partial charge on any atom is 0.224 e. The fourth-order valence-electron chi connectivity index (χ4n) is 1.53. The minimum Gasteiger partial charge on any atom is -0.369 e. The van der Waals surface area contributed by atoms with E-state index in [1.54, 1.807) is 6.20 Å². The molecule has 1 aromatic heterocycles. The van der Waals surface area contributed by atoms with Crippen LogP contribution in [-0.4, -0.2) is 23.1 Å². The Labute approximate surface area is 118 Å². The molecule has 0 radical (unpaired) electrons. The highest BCUT2D eigenvalue weighted by molar-refractivity contribution is 9.10. The zero-order valence-corrected chi connectivity index (χ0v) is 13.0. The lowest BCUT2D eigenvalue weighted by Crippen LogP contribution is -2.09. The lowest BCUT2D eigenvalue weighted by Gasteiger charge is -2.10. The van der Waals surface area contributed by atoms with Crippen molar-refractivity contribution < 1.29 is 0 Å². The SMILES string of the molecule is CCCNc1ncc(Br)c(NCCCC(C)C)n1. The third-order valence-electron chi connectivity index (χ3n) is 2.53. The molecule has 2 N–H and O–H groups in total. The molecule has 0 saturated carbocycles. The molecule has 0 aliphatic heterocycles. The van der Waals surface area contributed by atoms with Crippen molar-refractivity contribution in [2.45, 2.75) is 40.0 Å². The Kier molecular flexibility index (Phi) is 7.01. The summed E-state index contributed by atoms with van der Waals surface area (Å²) in [6.07, 6.45) is 5.24. The van der Waals surface area contributed by atoms with Gasteiger partial charge in [-0.15, -0.1) is 0 Å². The summed E-state index contributed by atoms with van der Waals surface area (Å²) in [5.41, 5.74) is 0. The number of anilines is 2. The van der Waals surface area contributed by atoms with Gasteiger partial charge in [0.1, 0.15) is 5.82 Å². The van der Waals surface area contributed by atoms with Gasteiger partial charge in [-0.25, -0.2) is 4.98 Å². The van der Waals surface area contributed by atoms with Gasteiger partial charge in [0.2, 0.25) is 5.95 Å². The van der Waals surface area contributed by atoms with E-state index in [9.17, 15) is 0 Å². The van der Waals surface area contributed by atoms with Gasteiger partial charge in [0.05, 0.1) is 4.47 Å². The van der Waals surface area contributed by atoms with E-state index in [2.05, 4.69) is 57.3 Å². The molecule has 0 fully saturated rings. The Morgan fingerprint density at radius 1 is 1.28 bits per heavy atom. The Bertz CT molecular complexity index is 355. The van der Waals surface area contributed by atoms with Crippen molar-refractivity contribution in [3.63, 3.8) is 0 Å². The largest absolute Gasteiger partial charge is 0.369 e. The van der Waals surface area contributed by atoms with Gasteiger partial charge < -0.3 is 10.6 Å². The highest BCUT2D eigenvalue weighted by atomic mass is 79.9. The topological polar surface area (TPSA) is 49.8 Å². The highest BCUT2D eigenvalue weighted by Crippen LogP contribution is 2.20. The van der Waals surface area contributed by atoms with Gasteiger partial charge in [-0.3, -0.25) is 0 Å². The average Bonchev–Trinajstić information content (AvgIpc) is 2.34. The number of aromatic nitrogens is 2. The van der Waals surface area contributed by atoms with Crippen LogP contribution in [0.4, 0.5) is 11.8 Å². The van der Waals surface area contributed by atoms with Gasteiger partial charge in [0.15, 0.2) is 0 Å². The number of hydrogen-bond donors (Lipinski definition) is 2. The lowest BCUT2D eigenvalue weighted by atomic mass is 10.1. The van der Waals surface area contributed by atoms with E-state index in [4.69, 9.17) is 0 Å². The number of nitrogens with zero attached hydrogens (tertiary/aromatic N) is 2. The summed E-state index contributed by atoms with van der Waals surface area (Å²) in [6.45, 7) is 8.45. The second-order valence-electron chi connectivity index (χ2n) is 4.78. The van der Waals surface area contributed by atoms with E-state index in [1.807, 2.05) is 0 Å². The first-order valence-corrected chi connectivity index (χ1v) is 7.43. The van der Waals surface area contributed by atoms with Gasteiger partial charge in [-0.2, -0.15) is 4.98 Å². The molecule has 18 heavy (non-hydrogen) atoms. The van der Waals surface area contributed by atoms with Crippen LogP contribution in [0.15, 0.2) is 10.7 Å². The molecular weight excluding hydrogens is 292 g/mol. The van der Waals surface area contributed by atoms with Gasteiger partial charge in [0, 0.05) is 19.3 Å². The van der Waals surface area contributed by atoms with E-state index < -0.39 is 0 Å². The third kappa shape index (κ3) is 5.67. The van der Waals surface area contributed by atoms with E-state index in [0.29, 0.717) is 5.95 Å². The second kappa shape index (κ2) is 8.29. The number of rotatable bonds is 8. The predicted molar refractivity (Wildman–Crippen MR) is 81.1 cm³/mol. The molecule has 0 saturated heterocycles. The first-order valence-electron chi connectivity index (χ1n) is 6.63.